The molecule has 2 N–H and O–H groups in total. The molecule has 2 aliphatic carbocycles. The third kappa shape index (κ3) is 2.70. The zero-order valence-corrected chi connectivity index (χ0v) is 12.0. The highest BCUT2D eigenvalue weighted by atomic mass is 32.1. The van der Waals surface area contributed by atoms with E-state index in [4.69, 9.17) is 0 Å². The standard InChI is InChI=1S/C15H21NO2S/c17-14(16-10-15(18)7-3-4-8-15)12-9-19-13-6-2-1-5-11(12)13/h9,18H,1-8,10H2,(H,16,17). The Hall–Kier alpha value is -0.870. The summed E-state index contributed by atoms with van der Waals surface area (Å²) in [5.74, 6) is -0.000255. The molecule has 4 heteroatoms. The van der Waals surface area contributed by atoms with Crippen molar-refractivity contribution in [3.63, 3.8) is 0 Å². The minimum Gasteiger partial charge on any atom is -0.388 e. The van der Waals surface area contributed by atoms with Crippen LogP contribution < -0.4 is 5.32 Å². The highest BCUT2D eigenvalue weighted by Gasteiger charge is 2.31. The lowest BCUT2D eigenvalue weighted by Crippen LogP contribution is -2.40. The molecule has 0 spiro atoms. The topological polar surface area (TPSA) is 49.3 Å². The Morgan fingerprint density at radius 1 is 1.26 bits per heavy atom. The first-order chi connectivity index (χ1) is 9.18. The molecule has 1 heterocycles. The van der Waals surface area contributed by atoms with Crippen LogP contribution in [0, 0.1) is 0 Å². The van der Waals surface area contributed by atoms with E-state index in [9.17, 15) is 9.90 Å². The summed E-state index contributed by atoms with van der Waals surface area (Å²) in [6.45, 7) is 0.399. The number of thiophene rings is 1. The van der Waals surface area contributed by atoms with Crippen molar-refractivity contribution in [2.45, 2.75) is 57.0 Å². The van der Waals surface area contributed by atoms with Gasteiger partial charge in [0.2, 0.25) is 0 Å². The second kappa shape index (κ2) is 5.25. The summed E-state index contributed by atoms with van der Waals surface area (Å²) >= 11 is 1.71. The minimum atomic E-state index is -0.661. The molecule has 1 aromatic heterocycles. The number of rotatable bonds is 3. The molecular weight excluding hydrogens is 258 g/mol. The van der Waals surface area contributed by atoms with Gasteiger partial charge in [0.25, 0.3) is 5.91 Å². The molecule has 0 aromatic carbocycles. The molecule has 0 aliphatic heterocycles. The lowest BCUT2D eigenvalue weighted by Gasteiger charge is -2.22. The summed E-state index contributed by atoms with van der Waals surface area (Å²) in [4.78, 5) is 13.6. The van der Waals surface area contributed by atoms with Gasteiger partial charge in [-0.05, 0) is 44.1 Å². The lowest BCUT2D eigenvalue weighted by atomic mass is 9.95. The van der Waals surface area contributed by atoms with Gasteiger partial charge >= 0.3 is 0 Å². The maximum atomic E-state index is 12.3. The average molecular weight is 279 g/mol. The monoisotopic (exact) mass is 279 g/mol. The third-order valence-corrected chi connectivity index (χ3v) is 5.51. The van der Waals surface area contributed by atoms with Crippen molar-refractivity contribution in [2.75, 3.05) is 6.54 Å². The number of aryl methyl sites for hydroxylation is 1. The van der Waals surface area contributed by atoms with Crippen LogP contribution in [0.1, 0.15) is 59.3 Å². The van der Waals surface area contributed by atoms with E-state index in [0.29, 0.717) is 6.54 Å². The van der Waals surface area contributed by atoms with Gasteiger partial charge in [-0.1, -0.05) is 12.8 Å². The molecule has 0 atom stereocenters. The lowest BCUT2D eigenvalue weighted by molar-refractivity contribution is 0.0449. The van der Waals surface area contributed by atoms with E-state index in [1.807, 2.05) is 5.38 Å². The molecule has 0 saturated heterocycles. The van der Waals surface area contributed by atoms with Gasteiger partial charge < -0.3 is 10.4 Å². The Bertz CT molecular complexity index is 474. The van der Waals surface area contributed by atoms with Crippen LogP contribution in [0.5, 0.6) is 0 Å². The van der Waals surface area contributed by atoms with Crippen LogP contribution in [0.2, 0.25) is 0 Å². The summed E-state index contributed by atoms with van der Waals surface area (Å²) < 4.78 is 0. The predicted octanol–water partition coefficient (Wildman–Crippen LogP) is 2.66. The number of aliphatic hydroxyl groups is 1. The maximum absolute atomic E-state index is 12.3. The summed E-state index contributed by atoms with van der Waals surface area (Å²) in [6, 6.07) is 0. The Kier molecular flexibility index (Phi) is 3.63. The summed E-state index contributed by atoms with van der Waals surface area (Å²) in [5, 5.41) is 15.2. The molecule has 2 aliphatic rings. The molecule has 1 aromatic rings. The molecular formula is C15H21NO2S. The van der Waals surface area contributed by atoms with Crippen LogP contribution in [0.4, 0.5) is 0 Å². The quantitative estimate of drug-likeness (QED) is 0.893. The van der Waals surface area contributed by atoms with Crippen LogP contribution >= 0.6 is 11.3 Å². The van der Waals surface area contributed by atoms with E-state index in [-0.39, 0.29) is 5.91 Å². The number of amides is 1. The molecule has 3 nitrogen and oxygen atoms in total. The SMILES string of the molecule is O=C(NCC1(O)CCCC1)c1csc2c1CCCC2. The van der Waals surface area contributed by atoms with Crippen LogP contribution in [0.25, 0.3) is 0 Å². The fraction of sp³-hybridized carbons (Fsp3) is 0.667. The number of fused-ring (bicyclic) bond motifs is 1. The zero-order valence-electron chi connectivity index (χ0n) is 11.2. The normalized spacial score (nSPS) is 21.1. The van der Waals surface area contributed by atoms with Crippen LogP contribution in [0.3, 0.4) is 0 Å². The van der Waals surface area contributed by atoms with Gasteiger partial charge in [-0.15, -0.1) is 11.3 Å². The minimum absolute atomic E-state index is 0.000255. The third-order valence-electron chi connectivity index (χ3n) is 4.42. The molecule has 1 saturated carbocycles. The first kappa shape index (κ1) is 13.1. The molecule has 3 rings (SSSR count). The van der Waals surface area contributed by atoms with Crippen LogP contribution in [-0.4, -0.2) is 23.2 Å². The van der Waals surface area contributed by atoms with Crippen molar-refractivity contribution in [3.8, 4) is 0 Å². The predicted molar refractivity (Wildman–Crippen MR) is 76.7 cm³/mol. The second-order valence-corrected chi connectivity index (χ2v) is 6.84. The Labute approximate surface area is 118 Å². The van der Waals surface area contributed by atoms with Crippen molar-refractivity contribution >= 4 is 17.2 Å². The van der Waals surface area contributed by atoms with Gasteiger partial charge in [0, 0.05) is 16.8 Å². The van der Waals surface area contributed by atoms with E-state index in [2.05, 4.69) is 5.32 Å². The summed E-state index contributed by atoms with van der Waals surface area (Å²) in [7, 11) is 0. The molecule has 104 valence electrons. The maximum Gasteiger partial charge on any atom is 0.252 e. The van der Waals surface area contributed by atoms with E-state index in [0.717, 1.165) is 44.1 Å². The first-order valence-corrected chi connectivity index (χ1v) is 8.16. The molecule has 0 bridgehead atoms. The molecule has 19 heavy (non-hydrogen) atoms. The van der Waals surface area contributed by atoms with E-state index < -0.39 is 5.60 Å². The number of nitrogens with one attached hydrogen (secondary N) is 1. The number of hydrogen-bond acceptors (Lipinski definition) is 3. The Morgan fingerprint density at radius 3 is 2.79 bits per heavy atom. The van der Waals surface area contributed by atoms with Gasteiger partial charge in [0.1, 0.15) is 0 Å². The smallest absolute Gasteiger partial charge is 0.252 e. The molecule has 1 fully saturated rings. The highest BCUT2D eigenvalue weighted by Crippen LogP contribution is 2.31. The molecule has 1 amide bonds. The number of hydrogen-bond donors (Lipinski definition) is 2. The van der Waals surface area contributed by atoms with Crippen LogP contribution in [-0.2, 0) is 12.8 Å². The fourth-order valence-corrected chi connectivity index (χ4v) is 4.36. The first-order valence-electron chi connectivity index (χ1n) is 7.28. The van der Waals surface area contributed by atoms with Crippen molar-refractivity contribution < 1.29 is 9.90 Å². The van der Waals surface area contributed by atoms with Crippen molar-refractivity contribution in [3.05, 3.63) is 21.4 Å². The average Bonchev–Trinajstić information content (AvgIpc) is 3.03. The Morgan fingerprint density at radius 2 is 2.00 bits per heavy atom. The van der Waals surface area contributed by atoms with Gasteiger partial charge in [0.05, 0.1) is 11.2 Å². The van der Waals surface area contributed by atoms with E-state index >= 15 is 0 Å². The second-order valence-electron chi connectivity index (χ2n) is 5.87. The van der Waals surface area contributed by atoms with Gasteiger partial charge in [-0.25, -0.2) is 0 Å². The van der Waals surface area contributed by atoms with E-state index in [1.54, 1.807) is 11.3 Å². The van der Waals surface area contributed by atoms with Crippen molar-refractivity contribution in [2.24, 2.45) is 0 Å². The van der Waals surface area contributed by atoms with E-state index in [1.165, 1.54) is 23.3 Å². The highest BCUT2D eigenvalue weighted by molar-refractivity contribution is 7.10. The molecule has 0 radical (unpaired) electrons. The van der Waals surface area contributed by atoms with Crippen LogP contribution in [0.15, 0.2) is 5.38 Å². The summed E-state index contributed by atoms with van der Waals surface area (Å²) in [5.41, 5.74) is 1.44. The fourth-order valence-electron chi connectivity index (χ4n) is 3.23. The molecule has 0 unspecified atom stereocenters. The zero-order chi connectivity index (χ0) is 13.3. The van der Waals surface area contributed by atoms with Gasteiger partial charge in [-0.2, -0.15) is 0 Å². The Balaban J connectivity index is 1.65. The largest absolute Gasteiger partial charge is 0.388 e. The summed E-state index contributed by atoms with van der Waals surface area (Å²) in [6.07, 6.45) is 8.36. The number of carbonyl (C=O) groups excluding carboxylic acids is 1. The number of carbonyl (C=O) groups is 1. The van der Waals surface area contributed by atoms with Gasteiger partial charge in [-0.3, -0.25) is 4.79 Å². The van der Waals surface area contributed by atoms with Crippen molar-refractivity contribution in [1.29, 1.82) is 0 Å². The van der Waals surface area contributed by atoms with Crippen molar-refractivity contribution in [1.82, 2.24) is 5.32 Å². The van der Waals surface area contributed by atoms with Gasteiger partial charge in [0.15, 0.2) is 0 Å².